The summed E-state index contributed by atoms with van der Waals surface area (Å²) in [4.78, 5) is 11.6. The van der Waals surface area contributed by atoms with E-state index in [1.165, 1.54) is 19.3 Å². The fraction of sp³-hybridized carbons (Fsp3) is 0.933. The maximum Gasteiger partial charge on any atom is 0.407 e. The first kappa shape index (κ1) is 16.3. The molecule has 4 nitrogen and oxygen atoms in total. The Labute approximate surface area is 117 Å². The zero-order valence-corrected chi connectivity index (χ0v) is 13.1. The fourth-order valence-electron chi connectivity index (χ4n) is 2.07. The van der Waals surface area contributed by atoms with Gasteiger partial charge in [0.1, 0.15) is 5.60 Å². The second kappa shape index (κ2) is 7.13. The predicted molar refractivity (Wildman–Crippen MR) is 78.2 cm³/mol. The first-order valence-electron chi connectivity index (χ1n) is 7.48. The minimum atomic E-state index is -0.434. The Hall–Kier alpha value is -0.770. The van der Waals surface area contributed by atoms with E-state index in [-0.39, 0.29) is 6.09 Å². The molecule has 1 rings (SSSR count). The van der Waals surface area contributed by atoms with Gasteiger partial charge in [0, 0.05) is 12.6 Å². The summed E-state index contributed by atoms with van der Waals surface area (Å²) in [5.74, 6) is 1.33. The van der Waals surface area contributed by atoms with Crippen LogP contribution in [0.5, 0.6) is 0 Å². The van der Waals surface area contributed by atoms with Gasteiger partial charge in [-0.1, -0.05) is 20.3 Å². The Bertz CT molecular complexity index is 280. The van der Waals surface area contributed by atoms with Gasteiger partial charge in [0.25, 0.3) is 0 Å². The number of amides is 1. The van der Waals surface area contributed by atoms with E-state index in [0.717, 1.165) is 12.5 Å². The molecule has 4 heteroatoms. The molecule has 0 aliphatic heterocycles. The summed E-state index contributed by atoms with van der Waals surface area (Å²) in [7, 11) is 0. The normalized spacial score (nSPS) is 18.0. The largest absolute Gasteiger partial charge is 0.444 e. The van der Waals surface area contributed by atoms with E-state index in [0.29, 0.717) is 18.5 Å². The van der Waals surface area contributed by atoms with E-state index in [4.69, 9.17) is 4.74 Å². The molecule has 0 aromatic heterocycles. The van der Waals surface area contributed by atoms with Gasteiger partial charge < -0.3 is 15.4 Å². The van der Waals surface area contributed by atoms with E-state index in [1.807, 2.05) is 20.8 Å². The van der Waals surface area contributed by atoms with Crippen LogP contribution < -0.4 is 10.6 Å². The van der Waals surface area contributed by atoms with Crippen molar-refractivity contribution in [3.8, 4) is 0 Å². The third-order valence-electron chi connectivity index (χ3n) is 3.56. The first-order chi connectivity index (χ1) is 8.78. The Morgan fingerprint density at radius 1 is 1.32 bits per heavy atom. The first-order valence-corrected chi connectivity index (χ1v) is 7.48. The van der Waals surface area contributed by atoms with Crippen molar-refractivity contribution in [3.63, 3.8) is 0 Å². The molecule has 1 aliphatic carbocycles. The Morgan fingerprint density at radius 3 is 2.37 bits per heavy atom. The number of hydrogen-bond acceptors (Lipinski definition) is 3. The lowest BCUT2D eigenvalue weighted by atomic mass is 9.85. The second-order valence-electron chi connectivity index (χ2n) is 6.94. The molecule has 1 unspecified atom stereocenters. The molecular weight excluding hydrogens is 240 g/mol. The molecule has 1 amide bonds. The summed E-state index contributed by atoms with van der Waals surface area (Å²) in [5, 5.41) is 6.43. The van der Waals surface area contributed by atoms with Crippen molar-refractivity contribution < 1.29 is 9.53 Å². The molecule has 0 radical (unpaired) electrons. The Morgan fingerprint density at radius 2 is 1.95 bits per heavy atom. The van der Waals surface area contributed by atoms with Crippen LogP contribution in [0.15, 0.2) is 0 Å². The summed E-state index contributed by atoms with van der Waals surface area (Å²) < 4.78 is 5.25. The average Bonchev–Trinajstić information content (AvgIpc) is 2.17. The van der Waals surface area contributed by atoms with Crippen LogP contribution in [-0.2, 0) is 4.74 Å². The summed E-state index contributed by atoms with van der Waals surface area (Å²) in [5.41, 5.74) is -0.434. The molecule has 0 spiro atoms. The summed E-state index contributed by atoms with van der Waals surface area (Å²) in [6, 6.07) is 0.313. The molecule has 1 saturated carbocycles. The lowest BCUT2D eigenvalue weighted by Crippen LogP contribution is -2.47. The third kappa shape index (κ3) is 6.81. The van der Waals surface area contributed by atoms with Gasteiger partial charge in [-0.15, -0.1) is 0 Å². The topological polar surface area (TPSA) is 50.4 Å². The SMILES string of the molecule is CC(C)C(CNC(=O)OC(C)(C)C)NCC1CCC1. The van der Waals surface area contributed by atoms with Crippen molar-refractivity contribution in [2.24, 2.45) is 11.8 Å². The van der Waals surface area contributed by atoms with E-state index < -0.39 is 5.60 Å². The van der Waals surface area contributed by atoms with Gasteiger partial charge in [0.2, 0.25) is 0 Å². The number of nitrogens with one attached hydrogen (secondary N) is 2. The highest BCUT2D eigenvalue weighted by molar-refractivity contribution is 5.67. The summed E-state index contributed by atoms with van der Waals surface area (Å²) >= 11 is 0. The van der Waals surface area contributed by atoms with E-state index in [9.17, 15) is 4.79 Å². The van der Waals surface area contributed by atoms with Crippen LogP contribution in [0.25, 0.3) is 0 Å². The number of rotatable bonds is 6. The van der Waals surface area contributed by atoms with Gasteiger partial charge >= 0.3 is 6.09 Å². The molecule has 1 aliphatic rings. The summed E-state index contributed by atoms with van der Waals surface area (Å²) in [6.45, 7) is 11.7. The fourth-order valence-corrected chi connectivity index (χ4v) is 2.07. The van der Waals surface area contributed by atoms with Gasteiger partial charge in [-0.25, -0.2) is 4.79 Å². The van der Waals surface area contributed by atoms with Crippen LogP contribution in [0.1, 0.15) is 53.9 Å². The molecule has 112 valence electrons. The lowest BCUT2D eigenvalue weighted by molar-refractivity contribution is 0.0518. The molecule has 2 N–H and O–H groups in total. The highest BCUT2D eigenvalue weighted by atomic mass is 16.6. The van der Waals surface area contributed by atoms with Crippen molar-refractivity contribution in [1.82, 2.24) is 10.6 Å². The third-order valence-corrected chi connectivity index (χ3v) is 3.56. The highest BCUT2D eigenvalue weighted by Crippen LogP contribution is 2.25. The molecular formula is C15H30N2O2. The van der Waals surface area contributed by atoms with Crippen LogP contribution in [0.4, 0.5) is 4.79 Å². The van der Waals surface area contributed by atoms with Crippen LogP contribution in [-0.4, -0.2) is 30.8 Å². The molecule has 0 heterocycles. The van der Waals surface area contributed by atoms with Crippen LogP contribution in [0, 0.1) is 11.8 Å². The number of ether oxygens (including phenoxy) is 1. The van der Waals surface area contributed by atoms with E-state index >= 15 is 0 Å². The Balaban J connectivity index is 2.26. The van der Waals surface area contributed by atoms with Crippen molar-refractivity contribution >= 4 is 6.09 Å². The van der Waals surface area contributed by atoms with Crippen molar-refractivity contribution in [1.29, 1.82) is 0 Å². The molecule has 19 heavy (non-hydrogen) atoms. The monoisotopic (exact) mass is 270 g/mol. The van der Waals surface area contributed by atoms with E-state index in [1.54, 1.807) is 0 Å². The average molecular weight is 270 g/mol. The maximum absolute atomic E-state index is 11.6. The van der Waals surface area contributed by atoms with Gasteiger partial charge in [-0.3, -0.25) is 0 Å². The molecule has 0 aromatic rings. The highest BCUT2D eigenvalue weighted by Gasteiger charge is 2.21. The van der Waals surface area contributed by atoms with Crippen molar-refractivity contribution in [3.05, 3.63) is 0 Å². The maximum atomic E-state index is 11.6. The zero-order valence-electron chi connectivity index (χ0n) is 13.1. The van der Waals surface area contributed by atoms with Crippen LogP contribution in [0.3, 0.4) is 0 Å². The van der Waals surface area contributed by atoms with Crippen molar-refractivity contribution in [2.45, 2.75) is 65.5 Å². The van der Waals surface area contributed by atoms with Crippen molar-refractivity contribution in [2.75, 3.05) is 13.1 Å². The number of carbonyl (C=O) groups is 1. The van der Waals surface area contributed by atoms with Gasteiger partial charge in [0.15, 0.2) is 0 Å². The smallest absolute Gasteiger partial charge is 0.407 e. The van der Waals surface area contributed by atoms with Crippen LogP contribution >= 0.6 is 0 Å². The molecule has 0 aromatic carbocycles. The second-order valence-corrected chi connectivity index (χ2v) is 6.94. The van der Waals surface area contributed by atoms with Crippen LogP contribution in [0.2, 0.25) is 0 Å². The Kier molecular flexibility index (Phi) is 6.11. The van der Waals surface area contributed by atoms with Gasteiger partial charge in [-0.2, -0.15) is 0 Å². The number of hydrogen-bond donors (Lipinski definition) is 2. The summed E-state index contributed by atoms with van der Waals surface area (Å²) in [6.07, 6.45) is 3.73. The minimum absolute atomic E-state index is 0.313. The lowest BCUT2D eigenvalue weighted by Gasteiger charge is -2.30. The zero-order chi connectivity index (χ0) is 14.5. The standard InChI is InChI=1S/C15H30N2O2/c1-11(2)13(16-9-12-7-6-8-12)10-17-14(18)19-15(3,4)5/h11-13,16H,6-10H2,1-5H3,(H,17,18). The van der Waals surface area contributed by atoms with Gasteiger partial charge in [0.05, 0.1) is 0 Å². The molecule has 1 atom stereocenters. The molecule has 0 bridgehead atoms. The predicted octanol–water partition coefficient (Wildman–Crippen LogP) is 2.93. The number of carbonyl (C=O) groups excluding carboxylic acids is 1. The van der Waals surface area contributed by atoms with Gasteiger partial charge in [-0.05, 0) is 52.0 Å². The molecule has 0 saturated heterocycles. The quantitative estimate of drug-likeness (QED) is 0.780. The van der Waals surface area contributed by atoms with E-state index in [2.05, 4.69) is 24.5 Å². The molecule has 1 fully saturated rings. The minimum Gasteiger partial charge on any atom is -0.444 e. The number of alkyl carbamates (subject to hydrolysis) is 1.